The van der Waals surface area contributed by atoms with Gasteiger partial charge in [0.25, 0.3) is 0 Å². The summed E-state index contributed by atoms with van der Waals surface area (Å²) in [7, 11) is 1.21. The van der Waals surface area contributed by atoms with Crippen LogP contribution in [0.5, 0.6) is 0 Å². The van der Waals surface area contributed by atoms with Crippen LogP contribution < -0.4 is 0 Å². The summed E-state index contributed by atoms with van der Waals surface area (Å²) in [5.74, 6) is -1.11. The van der Waals surface area contributed by atoms with E-state index in [1.165, 1.54) is 13.2 Å². The minimum atomic E-state index is -1.30. The Morgan fingerprint density at radius 3 is 2.65 bits per heavy atom. The highest BCUT2D eigenvalue weighted by Gasteiger charge is 2.42. The molecule has 0 aliphatic carbocycles. The number of aliphatic hydroxyl groups excluding tert-OH is 1. The lowest BCUT2D eigenvalue weighted by molar-refractivity contribution is -0.148. The molecule has 0 aromatic rings. The first-order chi connectivity index (χ1) is 7.77. The van der Waals surface area contributed by atoms with Crippen LogP contribution in [0.4, 0.5) is 0 Å². The zero-order valence-electron chi connectivity index (χ0n) is 10.5. The molecule has 0 radical (unpaired) electrons. The van der Waals surface area contributed by atoms with Gasteiger partial charge in [-0.2, -0.15) is 0 Å². The molecule has 0 spiro atoms. The van der Waals surface area contributed by atoms with Crippen LogP contribution in [0.1, 0.15) is 27.2 Å². The van der Waals surface area contributed by atoms with Crippen molar-refractivity contribution >= 4 is 11.9 Å². The zero-order chi connectivity index (χ0) is 13.2. The summed E-state index contributed by atoms with van der Waals surface area (Å²) in [4.78, 5) is 22.3. The standard InChI is InChI=1S/C12H18O5/c1-7(5-9(13)11(15)16-4)8-6-10(14)17-12(8,2)3/h5,8-9,13H,6H2,1-4H3/t8-,9+/m1/s1. The van der Waals surface area contributed by atoms with Gasteiger partial charge in [0, 0.05) is 5.92 Å². The number of hydrogen-bond acceptors (Lipinski definition) is 5. The molecule has 17 heavy (non-hydrogen) atoms. The van der Waals surface area contributed by atoms with Crippen LogP contribution in [0.25, 0.3) is 0 Å². The van der Waals surface area contributed by atoms with E-state index in [4.69, 9.17) is 4.74 Å². The molecule has 1 N–H and O–H groups in total. The molecule has 0 amide bonds. The average Bonchev–Trinajstić information content (AvgIpc) is 2.50. The van der Waals surface area contributed by atoms with Crippen molar-refractivity contribution in [1.82, 2.24) is 0 Å². The van der Waals surface area contributed by atoms with Crippen molar-refractivity contribution in [2.75, 3.05) is 7.11 Å². The number of aliphatic hydroxyl groups is 1. The highest BCUT2D eigenvalue weighted by atomic mass is 16.6. The highest BCUT2D eigenvalue weighted by Crippen LogP contribution is 2.37. The third-order valence-electron chi connectivity index (χ3n) is 3.00. The van der Waals surface area contributed by atoms with Gasteiger partial charge < -0.3 is 14.6 Å². The molecular formula is C12H18O5. The van der Waals surface area contributed by atoms with Gasteiger partial charge in [-0.05, 0) is 26.8 Å². The summed E-state index contributed by atoms with van der Waals surface area (Å²) in [5.41, 5.74) is 0.145. The summed E-state index contributed by atoms with van der Waals surface area (Å²) < 4.78 is 9.59. The summed E-state index contributed by atoms with van der Waals surface area (Å²) in [6.45, 7) is 5.38. The van der Waals surface area contributed by atoms with E-state index in [-0.39, 0.29) is 18.3 Å². The van der Waals surface area contributed by atoms with E-state index in [1.807, 2.05) is 13.8 Å². The van der Waals surface area contributed by atoms with E-state index in [0.29, 0.717) is 0 Å². The van der Waals surface area contributed by atoms with Gasteiger partial charge in [0.15, 0.2) is 6.10 Å². The van der Waals surface area contributed by atoms with Crippen molar-refractivity contribution in [3.05, 3.63) is 11.6 Å². The Kier molecular flexibility index (Phi) is 3.93. The van der Waals surface area contributed by atoms with Crippen molar-refractivity contribution in [3.8, 4) is 0 Å². The van der Waals surface area contributed by atoms with E-state index in [0.717, 1.165) is 5.57 Å². The van der Waals surface area contributed by atoms with Gasteiger partial charge in [0.05, 0.1) is 13.5 Å². The number of hydrogen-bond donors (Lipinski definition) is 1. The molecule has 96 valence electrons. The van der Waals surface area contributed by atoms with Crippen molar-refractivity contribution in [2.24, 2.45) is 5.92 Å². The van der Waals surface area contributed by atoms with Gasteiger partial charge in [-0.15, -0.1) is 0 Å². The third kappa shape index (κ3) is 3.06. The Morgan fingerprint density at radius 1 is 1.65 bits per heavy atom. The summed E-state index contributed by atoms with van der Waals surface area (Å²) in [6.07, 6.45) is 0.371. The van der Waals surface area contributed by atoms with E-state index >= 15 is 0 Å². The molecule has 0 bridgehead atoms. The monoisotopic (exact) mass is 242 g/mol. The lowest BCUT2D eigenvalue weighted by Crippen LogP contribution is -2.29. The van der Waals surface area contributed by atoms with Gasteiger partial charge in [0.1, 0.15) is 5.60 Å². The van der Waals surface area contributed by atoms with Gasteiger partial charge in [0.2, 0.25) is 0 Å². The van der Waals surface area contributed by atoms with Crippen LogP contribution in [0.15, 0.2) is 11.6 Å². The van der Waals surface area contributed by atoms with Crippen molar-refractivity contribution < 1.29 is 24.2 Å². The molecule has 1 fully saturated rings. The third-order valence-corrected chi connectivity index (χ3v) is 3.00. The summed E-state index contributed by atoms with van der Waals surface area (Å²) >= 11 is 0. The number of cyclic esters (lactones) is 1. The fourth-order valence-corrected chi connectivity index (χ4v) is 2.08. The largest absolute Gasteiger partial charge is 0.467 e. The highest BCUT2D eigenvalue weighted by molar-refractivity contribution is 5.77. The Hall–Kier alpha value is -1.36. The second-order valence-corrected chi connectivity index (χ2v) is 4.71. The second kappa shape index (κ2) is 4.87. The van der Waals surface area contributed by atoms with E-state index in [9.17, 15) is 14.7 Å². The van der Waals surface area contributed by atoms with Crippen LogP contribution in [0.3, 0.4) is 0 Å². The van der Waals surface area contributed by atoms with Crippen LogP contribution in [0, 0.1) is 5.92 Å². The molecule has 1 aliphatic heterocycles. The van der Waals surface area contributed by atoms with E-state index < -0.39 is 17.7 Å². The van der Waals surface area contributed by atoms with Crippen LogP contribution >= 0.6 is 0 Å². The average molecular weight is 242 g/mol. The molecule has 0 unspecified atom stereocenters. The first kappa shape index (κ1) is 13.7. The summed E-state index contributed by atoms with van der Waals surface area (Å²) in [5, 5.41) is 9.51. The number of methoxy groups -OCH3 is 1. The number of esters is 2. The van der Waals surface area contributed by atoms with Crippen molar-refractivity contribution in [2.45, 2.75) is 38.9 Å². The minimum Gasteiger partial charge on any atom is -0.467 e. The smallest absolute Gasteiger partial charge is 0.338 e. The molecule has 1 heterocycles. The number of carbonyl (C=O) groups excluding carboxylic acids is 2. The van der Waals surface area contributed by atoms with Gasteiger partial charge >= 0.3 is 11.9 Å². The molecule has 1 rings (SSSR count). The molecule has 5 nitrogen and oxygen atoms in total. The predicted octanol–water partition coefficient (Wildman–Crippen LogP) is 0.808. The molecule has 0 aromatic carbocycles. The molecule has 1 aliphatic rings. The normalized spacial score (nSPS) is 25.4. The number of ether oxygens (including phenoxy) is 2. The van der Waals surface area contributed by atoms with E-state index in [2.05, 4.69) is 4.74 Å². The Bertz CT molecular complexity index is 356. The predicted molar refractivity (Wildman–Crippen MR) is 60.1 cm³/mol. The van der Waals surface area contributed by atoms with Crippen LogP contribution in [0.2, 0.25) is 0 Å². The lowest BCUT2D eigenvalue weighted by atomic mass is 9.84. The zero-order valence-corrected chi connectivity index (χ0v) is 10.5. The second-order valence-electron chi connectivity index (χ2n) is 4.71. The minimum absolute atomic E-state index is 0.130. The lowest BCUT2D eigenvalue weighted by Gasteiger charge is -2.25. The molecule has 1 saturated heterocycles. The van der Waals surface area contributed by atoms with Crippen molar-refractivity contribution in [3.63, 3.8) is 0 Å². The van der Waals surface area contributed by atoms with Crippen LogP contribution in [-0.4, -0.2) is 35.9 Å². The SMILES string of the molecule is COC(=O)[C@@H](O)C=C(C)[C@H]1CC(=O)OC1(C)C. The maximum Gasteiger partial charge on any atom is 0.338 e. The Balaban J connectivity index is 2.83. The number of rotatable bonds is 3. The fraction of sp³-hybridized carbons (Fsp3) is 0.667. The molecular weight excluding hydrogens is 224 g/mol. The summed E-state index contributed by atoms with van der Waals surface area (Å²) in [6, 6.07) is 0. The van der Waals surface area contributed by atoms with Gasteiger partial charge in [-0.3, -0.25) is 4.79 Å². The molecule has 2 atom stereocenters. The topological polar surface area (TPSA) is 72.8 Å². The molecule has 5 heteroatoms. The first-order valence-corrected chi connectivity index (χ1v) is 5.44. The van der Waals surface area contributed by atoms with E-state index in [1.54, 1.807) is 6.92 Å². The van der Waals surface area contributed by atoms with Crippen LogP contribution in [-0.2, 0) is 19.1 Å². The molecule has 0 aromatic heterocycles. The maximum atomic E-state index is 11.2. The van der Waals surface area contributed by atoms with Gasteiger partial charge in [-0.25, -0.2) is 4.79 Å². The van der Waals surface area contributed by atoms with Crippen molar-refractivity contribution in [1.29, 1.82) is 0 Å². The molecule has 0 saturated carbocycles. The van der Waals surface area contributed by atoms with Gasteiger partial charge in [-0.1, -0.05) is 5.57 Å². The fourth-order valence-electron chi connectivity index (χ4n) is 2.08. The first-order valence-electron chi connectivity index (χ1n) is 5.44. The Labute approximate surface area is 100 Å². The maximum absolute atomic E-state index is 11.2. The quantitative estimate of drug-likeness (QED) is 0.585. The Morgan fingerprint density at radius 2 is 2.24 bits per heavy atom. The number of carbonyl (C=O) groups is 2.